The molecule has 4 nitrogen and oxygen atoms in total. The van der Waals surface area contributed by atoms with Crippen LogP contribution in [0.15, 0.2) is 4.99 Å². The number of hydrogen-bond donors (Lipinski definition) is 3. The van der Waals surface area contributed by atoms with Gasteiger partial charge in [0.25, 0.3) is 0 Å². The molecule has 4 N–H and O–H groups in total. The van der Waals surface area contributed by atoms with Gasteiger partial charge in [0.05, 0.1) is 6.04 Å². The summed E-state index contributed by atoms with van der Waals surface area (Å²) in [6.45, 7) is 4.32. The maximum absolute atomic E-state index is 5.36. The number of aliphatic imine (C=N–C) groups is 1. The van der Waals surface area contributed by atoms with Crippen LogP contribution in [-0.2, 0) is 0 Å². The molecule has 0 spiro atoms. The molecule has 76 valence electrons. The number of hydrazine groups is 1. The molecule has 1 aliphatic rings. The highest BCUT2D eigenvalue weighted by Crippen LogP contribution is 2.23. The first-order valence-electron chi connectivity index (χ1n) is 5.11. The molecule has 0 radical (unpaired) electrons. The smallest absolute Gasteiger partial charge is 0.206 e. The molecule has 1 saturated carbocycles. The van der Waals surface area contributed by atoms with E-state index in [0.717, 1.165) is 18.8 Å². The van der Waals surface area contributed by atoms with Gasteiger partial charge in [0, 0.05) is 6.04 Å². The molecule has 1 aliphatic carbocycles. The van der Waals surface area contributed by atoms with E-state index in [1.54, 1.807) is 0 Å². The highest BCUT2D eigenvalue weighted by Gasteiger charge is 2.21. The van der Waals surface area contributed by atoms with Crippen LogP contribution >= 0.6 is 0 Å². The third kappa shape index (κ3) is 3.63. The van der Waals surface area contributed by atoms with Crippen LogP contribution in [0.2, 0.25) is 0 Å². The summed E-state index contributed by atoms with van der Waals surface area (Å²) in [5.74, 6) is 6.11. The van der Waals surface area contributed by atoms with Crippen LogP contribution < -0.4 is 16.6 Å². The summed E-state index contributed by atoms with van der Waals surface area (Å²) in [7, 11) is 0. The lowest BCUT2D eigenvalue weighted by molar-refractivity contribution is 0.559. The van der Waals surface area contributed by atoms with Crippen LogP contribution in [0.3, 0.4) is 0 Å². The second-order valence-electron chi connectivity index (χ2n) is 3.51. The molecular formula is C9H20N4. The van der Waals surface area contributed by atoms with Crippen molar-refractivity contribution in [2.24, 2.45) is 10.8 Å². The fourth-order valence-electron chi connectivity index (χ4n) is 1.19. The molecule has 0 aromatic carbocycles. The van der Waals surface area contributed by atoms with E-state index in [9.17, 15) is 0 Å². The van der Waals surface area contributed by atoms with Crippen LogP contribution in [0, 0.1) is 0 Å². The summed E-state index contributed by atoms with van der Waals surface area (Å²) >= 11 is 0. The Balaban J connectivity index is 2.36. The first kappa shape index (κ1) is 10.3. The van der Waals surface area contributed by atoms with Crippen molar-refractivity contribution >= 4 is 5.96 Å². The molecule has 0 aromatic heterocycles. The van der Waals surface area contributed by atoms with E-state index in [2.05, 4.69) is 29.6 Å². The third-order valence-corrected chi connectivity index (χ3v) is 2.32. The van der Waals surface area contributed by atoms with E-state index in [-0.39, 0.29) is 0 Å². The molecule has 4 heteroatoms. The average molecular weight is 184 g/mol. The summed E-state index contributed by atoms with van der Waals surface area (Å²) in [5, 5.41) is 3.29. The Labute approximate surface area is 80.0 Å². The highest BCUT2D eigenvalue weighted by molar-refractivity contribution is 5.79. The van der Waals surface area contributed by atoms with Crippen molar-refractivity contribution in [2.45, 2.75) is 51.6 Å². The second kappa shape index (κ2) is 5.07. The Morgan fingerprint density at radius 2 is 2.08 bits per heavy atom. The van der Waals surface area contributed by atoms with Crippen LogP contribution in [0.4, 0.5) is 0 Å². The molecule has 0 aliphatic heterocycles. The zero-order valence-corrected chi connectivity index (χ0v) is 8.51. The monoisotopic (exact) mass is 184 g/mol. The first-order chi connectivity index (χ1) is 6.30. The summed E-state index contributed by atoms with van der Waals surface area (Å²) in [4.78, 5) is 4.41. The molecule has 0 bridgehead atoms. The minimum atomic E-state index is 0.480. The molecule has 0 heterocycles. The SMILES string of the molecule is CCC(CC)NC(=NC1CC1)NN. The van der Waals surface area contributed by atoms with Crippen molar-refractivity contribution in [1.29, 1.82) is 0 Å². The van der Waals surface area contributed by atoms with Gasteiger partial charge >= 0.3 is 0 Å². The number of nitrogens with zero attached hydrogens (tertiary/aromatic N) is 1. The molecule has 13 heavy (non-hydrogen) atoms. The molecule has 0 unspecified atom stereocenters. The summed E-state index contributed by atoms with van der Waals surface area (Å²) in [5.41, 5.74) is 2.61. The lowest BCUT2D eigenvalue weighted by atomic mass is 10.2. The van der Waals surface area contributed by atoms with E-state index in [1.165, 1.54) is 12.8 Å². The average Bonchev–Trinajstić information content (AvgIpc) is 2.95. The molecule has 0 aromatic rings. The van der Waals surface area contributed by atoms with Crippen LogP contribution in [0.25, 0.3) is 0 Å². The van der Waals surface area contributed by atoms with Crippen molar-refractivity contribution in [1.82, 2.24) is 10.7 Å². The number of nitrogens with one attached hydrogen (secondary N) is 2. The Morgan fingerprint density at radius 3 is 2.46 bits per heavy atom. The minimum absolute atomic E-state index is 0.480. The molecule has 1 fully saturated rings. The fraction of sp³-hybridized carbons (Fsp3) is 0.889. The molecule has 0 amide bonds. The van der Waals surface area contributed by atoms with Gasteiger partial charge in [-0.3, -0.25) is 5.43 Å². The normalized spacial score (nSPS) is 17.7. The maximum Gasteiger partial charge on any atom is 0.206 e. The number of hydrogen-bond acceptors (Lipinski definition) is 2. The van der Waals surface area contributed by atoms with E-state index < -0.39 is 0 Å². The Bertz CT molecular complexity index is 170. The number of guanidine groups is 1. The van der Waals surface area contributed by atoms with Gasteiger partial charge in [-0.2, -0.15) is 0 Å². The summed E-state index contributed by atoms with van der Waals surface area (Å²) in [6.07, 6.45) is 4.61. The Morgan fingerprint density at radius 1 is 1.46 bits per heavy atom. The molecule has 0 atom stereocenters. The molecule has 1 rings (SSSR count). The van der Waals surface area contributed by atoms with Crippen LogP contribution in [0.1, 0.15) is 39.5 Å². The summed E-state index contributed by atoms with van der Waals surface area (Å²) < 4.78 is 0. The minimum Gasteiger partial charge on any atom is -0.353 e. The van der Waals surface area contributed by atoms with Crippen molar-refractivity contribution in [2.75, 3.05) is 0 Å². The van der Waals surface area contributed by atoms with E-state index in [4.69, 9.17) is 5.84 Å². The quantitative estimate of drug-likeness (QED) is 0.261. The fourth-order valence-corrected chi connectivity index (χ4v) is 1.19. The van der Waals surface area contributed by atoms with Gasteiger partial charge in [-0.15, -0.1) is 0 Å². The zero-order chi connectivity index (χ0) is 9.68. The Kier molecular flexibility index (Phi) is 4.02. The van der Waals surface area contributed by atoms with E-state index in [0.29, 0.717) is 12.1 Å². The van der Waals surface area contributed by atoms with Gasteiger partial charge in [-0.25, -0.2) is 10.8 Å². The zero-order valence-electron chi connectivity index (χ0n) is 8.51. The largest absolute Gasteiger partial charge is 0.353 e. The predicted octanol–water partition coefficient (Wildman–Crippen LogP) is 0.746. The third-order valence-electron chi connectivity index (χ3n) is 2.32. The van der Waals surface area contributed by atoms with Crippen molar-refractivity contribution in [3.63, 3.8) is 0 Å². The Hall–Kier alpha value is -0.770. The number of nitrogens with two attached hydrogens (primary N) is 1. The lowest BCUT2D eigenvalue weighted by Crippen LogP contribution is -2.46. The maximum atomic E-state index is 5.36. The number of rotatable bonds is 4. The topological polar surface area (TPSA) is 62.4 Å². The van der Waals surface area contributed by atoms with Crippen molar-refractivity contribution in [3.8, 4) is 0 Å². The van der Waals surface area contributed by atoms with Gasteiger partial charge in [-0.05, 0) is 25.7 Å². The van der Waals surface area contributed by atoms with Crippen molar-refractivity contribution in [3.05, 3.63) is 0 Å². The highest BCUT2D eigenvalue weighted by atomic mass is 15.3. The molecule has 0 saturated heterocycles. The summed E-state index contributed by atoms with van der Waals surface area (Å²) in [6, 6.07) is 0.987. The van der Waals surface area contributed by atoms with Crippen LogP contribution in [-0.4, -0.2) is 18.0 Å². The van der Waals surface area contributed by atoms with Crippen LogP contribution in [0.5, 0.6) is 0 Å². The van der Waals surface area contributed by atoms with Gasteiger partial charge < -0.3 is 5.32 Å². The van der Waals surface area contributed by atoms with E-state index in [1.807, 2.05) is 0 Å². The van der Waals surface area contributed by atoms with Gasteiger partial charge in [-0.1, -0.05) is 13.8 Å². The second-order valence-corrected chi connectivity index (χ2v) is 3.51. The molecular weight excluding hydrogens is 164 g/mol. The van der Waals surface area contributed by atoms with Crippen molar-refractivity contribution < 1.29 is 0 Å². The van der Waals surface area contributed by atoms with Gasteiger partial charge in [0.15, 0.2) is 0 Å². The lowest BCUT2D eigenvalue weighted by Gasteiger charge is -2.17. The standard InChI is InChI=1S/C9H20N4/c1-3-7(4-2)11-9(13-10)12-8-5-6-8/h7-8H,3-6,10H2,1-2H3,(H2,11,12,13). The predicted molar refractivity (Wildman–Crippen MR) is 55.3 cm³/mol. The van der Waals surface area contributed by atoms with Gasteiger partial charge in [0.1, 0.15) is 0 Å². The van der Waals surface area contributed by atoms with E-state index >= 15 is 0 Å². The van der Waals surface area contributed by atoms with Gasteiger partial charge in [0.2, 0.25) is 5.96 Å². The first-order valence-corrected chi connectivity index (χ1v) is 5.11.